The molecule has 1 aliphatic rings. The van der Waals surface area contributed by atoms with Gasteiger partial charge in [-0.15, -0.1) is 0 Å². The Morgan fingerprint density at radius 1 is 1.48 bits per heavy atom. The molecule has 0 aromatic heterocycles. The fourth-order valence-corrected chi connectivity index (χ4v) is 3.06. The standard InChI is InChI=1S/C18H27FN2O2/c1-2-3-10-20-18(23)14-7-6-11-21(12-14)13-17(22)15-8-4-5-9-16(15)19/h4-5,8-9,14,17,22H,2-3,6-7,10-13H2,1H3,(H,20,23). The van der Waals surface area contributed by atoms with Crippen LogP contribution in [-0.2, 0) is 4.79 Å². The van der Waals surface area contributed by atoms with Crippen LogP contribution >= 0.6 is 0 Å². The van der Waals surface area contributed by atoms with Crippen molar-refractivity contribution in [2.45, 2.75) is 38.7 Å². The summed E-state index contributed by atoms with van der Waals surface area (Å²) in [7, 11) is 0. The third-order valence-corrected chi connectivity index (χ3v) is 4.40. The van der Waals surface area contributed by atoms with Crippen LogP contribution in [0.5, 0.6) is 0 Å². The second-order valence-electron chi connectivity index (χ2n) is 6.28. The summed E-state index contributed by atoms with van der Waals surface area (Å²) in [5.41, 5.74) is 0.321. The number of rotatable bonds is 7. The first-order valence-electron chi connectivity index (χ1n) is 8.54. The SMILES string of the molecule is CCCCNC(=O)C1CCCN(CC(O)c2ccccc2F)C1. The van der Waals surface area contributed by atoms with E-state index in [0.717, 1.165) is 38.8 Å². The molecule has 4 nitrogen and oxygen atoms in total. The Kier molecular flexibility index (Phi) is 6.99. The van der Waals surface area contributed by atoms with Gasteiger partial charge in [-0.3, -0.25) is 9.69 Å². The first-order chi connectivity index (χ1) is 11.1. The van der Waals surface area contributed by atoms with Gasteiger partial charge in [0.25, 0.3) is 0 Å². The summed E-state index contributed by atoms with van der Waals surface area (Å²) >= 11 is 0. The number of nitrogens with zero attached hydrogens (tertiary/aromatic N) is 1. The number of likely N-dealkylation sites (tertiary alicyclic amines) is 1. The lowest BCUT2D eigenvalue weighted by molar-refractivity contribution is -0.126. The third-order valence-electron chi connectivity index (χ3n) is 4.40. The molecular formula is C18H27FN2O2. The number of β-amino-alcohol motifs (C(OH)–C–C–N with tert-alkyl or cyclic N) is 1. The molecule has 0 aliphatic carbocycles. The Hall–Kier alpha value is -1.46. The maximum absolute atomic E-state index is 13.7. The molecule has 5 heteroatoms. The van der Waals surface area contributed by atoms with Gasteiger partial charge in [0.1, 0.15) is 5.82 Å². The van der Waals surface area contributed by atoms with E-state index in [2.05, 4.69) is 17.1 Å². The van der Waals surface area contributed by atoms with Gasteiger partial charge in [-0.1, -0.05) is 31.5 Å². The minimum atomic E-state index is -0.863. The monoisotopic (exact) mass is 322 g/mol. The smallest absolute Gasteiger partial charge is 0.224 e. The lowest BCUT2D eigenvalue weighted by Crippen LogP contribution is -2.44. The fraction of sp³-hybridized carbons (Fsp3) is 0.611. The van der Waals surface area contributed by atoms with Gasteiger partial charge in [-0.2, -0.15) is 0 Å². The van der Waals surface area contributed by atoms with E-state index in [-0.39, 0.29) is 17.6 Å². The first-order valence-corrected chi connectivity index (χ1v) is 8.54. The van der Waals surface area contributed by atoms with Gasteiger partial charge in [0.15, 0.2) is 0 Å². The van der Waals surface area contributed by atoms with Crippen LogP contribution in [0.2, 0.25) is 0 Å². The molecule has 1 aromatic rings. The van der Waals surface area contributed by atoms with Crippen molar-refractivity contribution >= 4 is 5.91 Å². The number of halogens is 1. The number of aliphatic hydroxyl groups excluding tert-OH is 1. The Morgan fingerprint density at radius 3 is 3.00 bits per heavy atom. The van der Waals surface area contributed by atoms with Crippen molar-refractivity contribution in [2.24, 2.45) is 5.92 Å². The van der Waals surface area contributed by atoms with Crippen LogP contribution in [0.1, 0.15) is 44.3 Å². The van der Waals surface area contributed by atoms with Gasteiger partial charge in [0.2, 0.25) is 5.91 Å². The third kappa shape index (κ3) is 5.29. The maximum Gasteiger partial charge on any atom is 0.224 e. The van der Waals surface area contributed by atoms with Crippen LogP contribution in [0.4, 0.5) is 4.39 Å². The van der Waals surface area contributed by atoms with Crippen molar-refractivity contribution in [1.82, 2.24) is 10.2 Å². The summed E-state index contributed by atoms with van der Waals surface area (Å²) in [6.45, 7) is 4.65. The van der Waals surface area contributed by atoms with Crippen LogP contribution in [0, 0.1) is 11.7 Å². The molecule has 2 unspecified atom stereocenters. The second kappa shape index (κ2) is 8.99. The lowest BCUT2D eigenvalue weighted by atomic mass is 9.96. The van der Waals surface area contributed by atoms with E-state index in [0.29, 0.717) is 18.7 Å². The lowest BCUT2D eigenvalue weighted by Gasteiger charge is -2.33. The highest BCUT2D eigenvalue weighted by Gasteiger charge is 2.27. The number of benzene rings is 1. The second-order valence-corrected chi connectivity index (χ2v) is 6.28. The highest BCUT2D eigenvalue weighted by molar-refractivity contribution is 5.78. The van der Waals surface area contributed by atoms with E-state index in [1.165, 1.54) is 6.07 Å². The topological polar surface area (TPSA) is 52.6 Å². The number of aliphatic hydroxyl groups is 1. The van der Waals surface area contributed by atoms with Gasteiger partial charge >= 0.3 is 0 Å². The number of hydrogen-bond acceptors (Lipinski definition) is 3. The highest BCUT2D eigenvalue weighted by Crippen LogP contribution is 2.22. The molecule has 1 saturated heterocycles. The molecular weight excluding hydrogens is 295 g/mol. The normalized spacial score (nSPS) is 20.2. The fourth-order valence-electron chi connectivity index (χ4n) is 3.06. The highest BCUT2D eigenvalue weighted by atomic mass is 19.1. The number of carbonyl (C=O) groups excluding carboxylic acids is 1. The van der Waals surface area contributed by atoms with Gasteiger partial charge < -0.3 is 10.4 Å². The predicted molar refractivity (Wildman–Crippen MR) is 88.4 cm³/mol. The van der Waals surface area contributed by atoms with E-state index in [4.69, 9.17) is 0 Å². The minimum Gasteiger partial charge on any atom is -0.387 e. The molecule has 1 aromatic carbocycles. The quantitative estimate of drug-likeness (QED) is 0.758. The number of carbonyl (C=O) groups is 1. The molecule has 1 aliphatic heterocycles. The summed E-state index contributed by atoms with van der Waals surface area (Å²) in [5.74, 6) is -0.317. The Labute approximate surface area is 137 Å². The summed E-state index contributed by atoms with van der Waals surface area (Å²) in [6.07, 6.45) is 3.00. The van der Waals surface area contributed by atoms with Crippen LogP contribution in [-0.4, -0.2) is 42.1 Å². The van der Waals surface area contributed by atoms with Crippen molar-refractivity contribution in [3.63, 3.8) is 0 Å². The van der Waals surface area contributed by atoms with E-state index < -0.39 is 6.10 Å². The van der Waals surface area contributed by atoms with Crippen LogP contribution in [0.15, 0.2) is 24.3 Å². The van der Waals surface area contributed by atoms with Gasteiger partial charge in [-0.05, 0) is 31.9 Å². The van der Waals surface area contributed by atoms with Gasteiger partial charge in [0, 0.05) is 25.2 Å². The number of amides is 1. The zero-order valence-corrected chi connectivity index (χ0v) is 13.8. The number of unbranched alkanes of at least 4 members (excludes halogenated alkanes) is 1. The Bertz CT molecular complexity index is 510. The zero-order chi connectivity index (χ0) is 16.7. The molecule has 0 bridgehead atoms. The number of hydrogen-bond donors (Lipinski definition) is 2. The summed E-state index contributed by atoms with van der Waals surface area (Å²) in [6, 6.07) is 6.31. The molecule has 0 radical (unpaired) electrons. The molecule has 1 heterocycles. The Balaban J connectivity index is 1.86. The maximum atomic E-state index is 13.7. The van der Waals surface area contributed by atoms with Crippen LogP contribution < -0.4 is 5.32 Å². The van der Waals surface area contributed by atoms with Crippen LogP contribution in [0.25, 0.3) is 0 Å². The molecule has 128 valence electrons. The molecule has 2 N–H and O–H groups in total. The van der Waals surface area contributed by atoms with Gasteiger partial charge in [0.05, 0.1) is 12.0 Å². The molecule has 1 fully saturated rings. The molecule has 0 spiro atoms. The van der Waals surface area contributed by atoms with E-state index in [9.17, 15) is 14.3 Å². The van der Waals surface area contributed by atoms with Crippen molar-refractivity contribution in [1.29, 1.82) is 0 Å². The number of piperidine rings is 1. The molecule has 1 amide bonds. The summed E-state index contributed by atoms with van der Waals surface area (Å²) in [5, 5.41) is 13.2. The van der Waals surface area contributed by atoms with E-state index in [1.54, 1.807) is 18.2 Å². The summed E-state index contributed by atoms with van der Waals surface area (Å²) in [4.78, 5) is 14.2. The minimum absolute atomic E-state index is 0.0339. The van der Waals surface area contributed by atoms with Crippen molar-refractivity contribution in [3.05, 3.63) is 35.6 Å². The van der Waals surface area contributed by atoms with E-state index >= 15 is 0 Å². The largest absolute Gasteiger partial charge is 0.387 e. The first kappa shape index (κ1) is 17.9. The van der Waals surface area contributed by atoms with Crippen molar-refractivity contribution in [3.8, 4) is 0 Å². The molecule has 0 saturated carbocycles. The molecule has 2 rings (SSSR count). The van der Waals surface area contributed by atoms with Crippen LogP contribution in [0.3, 0.4) is 0 Å². The Morgan fingerprint density at radius 2 is 2.26 bits per heavy atom. The average Bonchev–Trinajstić information content (AvgIpc) is 2.55. The number of nitrogens with one attached hydrogen (secondary N) is 1. The zero-order valence-electron chi connectivity index (χ0n) is 13.8. The van der Waals surface area contributed by atoms with Gasteiger partial charge in [-0.25, -0.2) is 4.39 Å². The average molecular weight is 322 g/mol. The van der Waals surface area contributed by atoms with Crippen molar-refractivity contribution < 1.29 is 14.3 Å². The van der Waals surface area contributed by atoms with E-state index in [1.807, 2.05) is 0 Å². The van der Waals surface area contributed by atoms with Crippen molar-refractivity contribution in [2.75, 3.05) is 26.2 Å². The molecule has 2 atom stereocenters. The predicted octanol–water partition coefficient (Wildman–Crippen LogP) is 2.49. The summed E-state index contributed by atoms with van der Waals surface area (Å²) < 4.78 is 13.7. The molecule has 23 heavy (non-hydrogen) atoms.